The maximum atomic E-state index is 9.17. The molecule has 0 spiro atoms. The third-order valence-electron chi connectivity index (χ3n) is 2.79. The molecule has 0 aromatic rings. The molecule has 0 radical (unpaired) electrons. The molecule has 0 aliphatic rings. The molecule has 0 saturated heterocycles. The Bertz CT molecular complexity index is 122. The highest BCUT2D eigenvalue weighted by molar-refractivity contribution is 4.82. The van der Waals surface area contributed by atoms with Crippen molar-refractivity contribution in [1.29, 1.82) is 0 Å². The summed E-state index contributed by atoms with van der Waals surface area (Å²) in [4.78, 5) is 0. The van der Waals surface area contributed by atoms with E-state index in [1.165, 1.54) is 0 Å². The van der Waals surface area contributed by atoms with Gasteiger partial charge in [-0.25, -0.2) is 0 Å². The standard InChI is InChI=1S/C9H20O3/c1-4-7-8(5-2,6-3)9(10,11)12/h10-12H,4-7H2,1-3H3. The molecule has 3 N–H and O–H groups in total. The molecule has 3 heteroatoms. The predicted molar refractivity (Wildman–Crippen MR) is 47.3 cm³/mol. The van der Waals surface area contributed by atoms with Crippen LogP contribution in [0.3, 0.4) is 0 Å². The fraction of sp³-hybridized carbons (Fsp3) is 1.00. The summed E-state index contributed by atoms with van der Waals surface area (Å²) in [5, 5.41) is 27.5. The number of aliphatic hydroxyl groups is 3. The average molecular weight is 176 g/mol. The maximum Gasteiger partial charge on any atom is 0.281 e. The highest BCUT2D eigenvalue weighted by Gasteiger charge is 2.44. The van der Waals surface area contributed by atoms with E-state index in [9.17, 15) is 15.3 Å². The highest BCUT2D eigenvalue weighted by atomic mass is 16.7. The lowest BCUT2D eigenvalue weighted by molar-refractivity contribution is -0.378. The molecule has 0 aliphatic carbocycles. The fourth-order valence-corrected chi connectivity index (χ4v) is 1.72. The molecule has 0 fully saturated rings. The average Bonchev–Trinajstić information content (AvgIpc) is 1.98. The van der Waals surface area contributed by atoms with Gasteiger partial charge in [-0.2, -0.15) is 0 Å². The molecule has 0 saturated carbocycles. The van der Waals surface area contributed by atoms with Gasteiger partial charge in [0, 0.05) is 0 Å². The lowest BCUT2D eigenvalue weighted by Crippen LogP contribution is -2.47. The van der Waals surface area contributed by atoms with E-state index in [2.05, 4.69) is 0 Å². The zero-order chi connectivity index (χ0) is 9.83. The molecule has 12 heavy (non-hydrogen) atoms. The van der Waals surface area contributed by atoms with Crippen LogP contribution in [0, 0.1) is 5.41 Å². The van der Waals surface area contributed by atoms with E-state index >= 15 is 0 Å². The molecule has 0 unspecified atom stereocenters. The van der Waals surface area contributed by atoms with Gasteiger partial charge in [0.1, 0.15) is 0 Å². The second-order valence-corrected chi connectivity index (χ2v) is 3.37. The number of hydrogen-bond donors (Lipinski definition) is 3. The van der Waals surface area contributed by atoms with Crippen LogP contribution in [-0.2, 0) is 0 Å². The maximum absolute atomic E-state index is 9.17. The van der Waals surface area contributed by atoms with Crippen molar-refractivity contribution in [2.75, 3.05) is 0 Å². The predicted octanol–water partition coefficient (Wildman–Crippen LogP) is 1.22. The van der Waals surface area contributed by atoms with Crippen molar-refractivity contribution in [2.45, 2.75) is 52.4 Å². The van der Waals surface area contributed by atoms with Crippen LogP contribution < -0.4 is 0 Å². The minimum Gasteiger partial charge on any atom is -0.343 e. The molecule has 3 nitrogen and oxygen atoms in total. The minimum atomic E-state index is -2.54. The Morgan fingerprint density at radius 1 is 0.917 bits per heavy atom. The summed E-state index contributed by atoms with van der Waals surface area (Å²) in [6.45, 7) is 5.68. The summed E-state index contributed by atoms with van der Waals surface area (Å²) >= 11 is 0. The van der Waals surface area contributed by atoms with Gasteiger partial charge in [0.05, 0.1) is 5.41 Å². The Labute approximate surface area is 74.0 Å². The van der Waals surface area contributed by atoms with Crippen molar-refractivity contribution in [1.82, 2.24) is 0 Å². The molecule has 74 valence electrons. The molecule has 0 amide bonds. The van der Waals surface area contributed by atoms with Crippen LogP contribution in [0.15, 0.2) is 0 Å². The first-order chi connectivity index (χ1) is 5.43. The summed E-state index contributed by atoms with van der Waals surface area (Å²) < 4.78 is 0. The van der Waals surface area contributed by atoms with Crippen molar-refractivity contribution in [3.05, 3.63) is 0 Å². The van der Waals surface area contributed by atoms with E-state index in [-0.39, 0.29) is 0 Å². The number of hydrogen-bond acceptors (Lipinski definition) is 3. The van der Waals surface area contributed by atoms with E-state index in [1.807, 2.05) is 20.8 Å². The third-order valence-corrected chi connectivity index (χ3v) is 2.79. The van der Waals surface area contributed by atoms with Gasteiger partial charge in [0.2, 0.25) is 0 Å². The quantitative estimate of drug-likeness (QED) is 0.552. The van der Waals surface area contributed by atoms with Gasteiger partial charge >= 0.3 is 0 Å². The SMILES string of the molecule is CCCC(CC)(CC)C(O)(O)O. The second kappa shape index (κ2) is 4.21. The Morgan fingerprint density at radius 2 is 1.33 bits per heavy atom. The Morgan fingerprint density at radius 3 is 1.42 bits per heavy atom. The van der Waals surface area contributed by atoms with Crippen LogP contribution in [-0.4, -0.2) is 21.3 Å². The summed E-state index contributed by atoms with van der Waals surface area (Å²) in [6, 6.07) is 0. The molecule has 0 aliphatic heterocycles. The van der Waals surface area contributed by atoms with Crippen LogP contribution in [0.4, 0.5) is 0 Å². The topological polar surface area (TPSA) is 60.7 Å². The van der Waals surface area contributed by atoms with Crippen molar-refractivity contribution in [3.8, 4) is 0 Å². The molecule has 0 aromatic heterocycles. The van der Waals surface area contributed by atoms with Crippen molar-refractivity contribution < 1.29 is 15.3 Å². The summed E-state index contributed by atoms with van der Waals surface area (Å²) in [5.74, 6) is -2.54. The molecular formula is C9H20O3. The van der Waals surface area contributed by atoms with E-state index in [0.717, 1.165) is 6.42 Å². The van der Waals surface area contributed by atoms with Gasteiger partial charge in [-0.15, -0.1) is 0 Å². The van der Waals surface area contributed by atoms with Gasteiger partial charge in [-0.05, 0) is 19.3 Å². The van der Waals surface area contributed by atoms with Crippen LogP contribution in [0.2, 0.25) is 0 Å². The Hall–Kier alpha value is -0.120. The zero-order valence-corrected chi connectivity index (χ0v) is 8.17. The summed E-state index contributed by atoms with van der Waals surface area (Å²) in [6.07, 6.45) is 2.61. The summed E-state index contributed by atoms with van der Waals surface area (Å²) in [5.41, 5.74) is -0.762. The van der Waals surface area contributed by atoms with Crippen molar-refractivity contribution >= 4 is 0 Å². The summed E-state index contributed by atoms with van der Waals surface area (Å²) in [7, 11) is 0. The molecule has 0 atom stereocenters. The van der Waals surface area contributed by atoms with Gasteiger partial charge in [-0.1, -0.05) is 27.2 Å². The van der Waals surface area contributed by atoms with Crippen molar-refractivity contribution in [3.63, 3.8) is 0 Å². The lowest BCUT2D eigenvalue weighted by atomic mass is 9.76. The van der Waals surface area contributed by atoms with Gasteiger partial charge in [0.15, 0.2) is 0 Å². The Balaban J connectivity index is 4.57. The van der Waals surface area contributed by atoms with Crippen LogP contribution in [0.5, 0.6) is 0 Å². The van der Waals surface area contributed by atoms with E-state index < -0.39 is 11.4 Å². The smallest absolute Gasteiger partial charge is 0.281 e. The number of rotatable bonds is 5. The first-order valence-corrected chi connectivity index (χ1v) is 4.60. The van der Waals surface area contributed by atoms with Gasteiger partial charge in [0.25, 0.3) is 5.97 Å². The Kier molecular flexibility index (Phi) is 4.17. The molecule has 0 heterocycles. The molecule has 0 aromatic carbocycles. The molecular weight excluding hydrogens is 156 g/mol. The second-order valence-electron chi connectivity index (χ2n) is 3.37. The van der Waals surface area contributed by atoms with E-state index in [1.54, 1.807) is 0 Å². The molecule has 0 rings (SSSR count). The monoisotopic (exact) mass is 176 g/mol. The van der Waals surface area contributed by atoms with E-state index in [0.29, 0.717) is 19.3 Å². The van der Waals surface area contributed by atoms with Crippen LogP contribution >= 0.6 is 0 Å². The third kappa shape index (κ3) is 2.19. The van der Waals surface area contributed by atoms with Gasteiger partial charge in [-0.3, -0.25) is 0 Å². The minimum absolute atomic E-state index is 0.570. The molecule has 0 bridgehead atoms. The largest absolute Gasteiger partial charge is 0.343 e. The normalized spacial score (nSPS) is 13.5. The first-order valence-electron chi connectivity index (χ1n) is 4.60. The van der Waals surface area contributed by atoms with Crippen molar-refractivity contribution in [2.24, 2.45) is 5.41 Å². The zero-order valence-electron chi connectivity index (χ0n) is 8.17. The van der Waals surface area contributed by atoms with E-state index in [4.69, 9.17) is 0 Å². The fourth-order valence-electron chi connectivity index (χ4n) is 1.72. The highest BCUT2D eigenvalue weighted by Crippen LogP contribution is 2.39. The van der Waals surface area contributed by atoms with Crippen LogP contribution in [0.1, 0.15) is 46.5 Å². The first kappa shape index (κ1) is 11.9. The lowest BCUT2D eigenvalue weighted by Gasteiger charge is -2.38. The van der Waals surface area contributed by atoms with Gasteiger partial charge < -0.3 is 15.3 Å². The van der Waals surface area contributed by atoms with Crippen LogP contribution in [0.25, 0.3) is 0 Å².